The minimum absolute atomic E-state index is 0.0224. The topological polar surface area (TPSA) is 49.3 Å². The van der Waals surface area contributed by atoms with Gasteiger partial charge in [-0.25, -0.2) is 0 Å². The second-order valence-corrected chi connectivity index (χ2v) is 6.51. The van der Waals surface area contributed by atoms with Gasteiger partial charge < -0.3 is 10.4 Å². The van der Waals surface area contributed by atoms with Gasteiger partial charge in [0.25, 0.3) is 5.91 Å². The van der Waals surface area contributed by atoms with Crippen LogP contribution in [0.25, 0.3) is 0 Å². The van der Waals surface area contributed by atoms with Crippen molar-refractivity contribution in [2.75, 3.05) is 18.9 Å². The monoisotopic (exact) mass is 303 g/mol. The highest BCUT2D eigenvalue weighted by molar-refractivity contribution is 8.00. The first-order valence-corrected chi connectivity index (χ1v) is 8.36. The molecule has 1 aromatic carbocycles. The van der Waals surface area contributed by atoms with Crippen molar-refractivity contribution in [3.8, 4) is 11.8 Å². The van der Waals surface area contributed by atoms with E-state index in [0.29, 0.717) is 17.2 Å². The van der Waals surface area contributed by atoms with Crippen LogP contribution in [0.1, 0.15) is 40.7 Å². The van der Waals surface area contributed by atoms with Crippen LogP contribution in [0.5, 0.6) is 0 Å². The van der Waals surface area contributed by atoms with Crippen molar-refractivity contribution in [3.05, 3.63) is 34.9 Å². The van der Waals surface area contributed by atoms with Crippen LogP contribution in [0.2, 0.25) is 0 Å². The lowest BCUT2D eigenvalue weighted by atomic mass is 10.0. The zero-order valence-electron chi connectivity index (χ0n) is 12.3. The molecule has 1 saturated heterocycles. The molecule has 0 aromatic heterocycles. The Morgan fingerprint density at radius 1 is 1.52 bits per heavy atom. The van der Waals surface area contributed by atoms with E-state index in [9.17, 15) is 4.79 Å². The molecule has 1 aliphatic rings. The molecule has 0 radical (unpaired) electrons. The van der Waals surface area contributed by atoms with E-state index in [-0.39, 0.29) is 12.5 Å². The Morgan fingerprint density at radius 2 is 2.38 bits per heavy atom. The zero-order chi connectivity index (χ0) is 15.1. The van der Waals surface area contributed by atoms with Gasteiger partial charge in [-0.3, -0.25) is 4.79 Å². The molecule has 0 aliphatic carbocycles. The quantitative estimate of drug-likeness (QED) is 0.840. The third-order valence-corrected chi connectivity index (χ3v) is 4.95. The van der Waals surface area contributed by atoms with Gasteiger partial charge in [0.1, 0.15) is 0 Å². The number of nitrogens with one attached hydrogen (secondary N) is 1. The van der Waals surface area contributed by atoms with Crippen molar-refractivity contribution < 1.29 is 9.90 Å². The Labute approximate surface area is 130 Å². The van der Waals surface area contributed by atoms with Crippen molar-refractivity contribution in [2.45, 2.75) is 31.4 Å². The molecule has 1 unspecified atom stereocenters. The first kappa shape index (κ1) is 15.9. The molecule has 4 heteroatoms. The number of aliphatic hydroxyl groups is 1. The molecule has 1 fully saturated rings. The molecular weight excluding hydrogens is 282 g/mol. The summed E-state index contributed by atoms with van der Waals surface area (Å²) in [5, 5.41) is 12.3. The number of benzene rings is 1. The second kappa shape index (κ2) is 8.11. The second-order valence-electron chi connectivity index (χ2n) is 5.10. The van der Waals surface area contributed by atoms with E-state index in [4.69, 9.17) is 5.11 Å². The molecule has 1 aromatic rings. The fraction of sp³-hybridized carbons (Fsp3) is 0.471. The zero-order valence-corrected chi connectivity index (χ0v) is 13.1. The van der Waals surface area contributed by atoms with E-state index in [0.717, 1.165) is 17.7 Å². The van der Waals surface area contributed by atoms with Gasteiger partial charge in [0.15, 0.2) is 0 Å². The van der Waals surface area contributed by atoms with Crippen molar-refractivity contribution in [2.24, 2.45) is 0 Å². The smallest absolute Gasteiger partial charge is 0.251 e. The van der Waals surface area contributed by atoms with Crippen molar-refractivity contribution in [1.82, 2.24) is 5.32 Å². The Bertz CT molecular complexity index is 554. The number of amides is 1. The number of rotatable bonds is 4. The predicted octanol–water partition coefficient (Wildman–Crippen LogP) is 2.35. The molecule has 0 bridgehead atoms. The molecule has 0 spiro atoms. The highest BCUT2D eigenvalue weighted by Crippen LogP contribution is 2.25. The number of hydrogen-bond donors (Lipinski definition) is 2. The lowest BCUT2D eigenvalue weighted by Gasteiger charge is -2.12. The molecule has 1 aliphatic heterocycles. The highest BCUT2D eigenvalue weighted by atomic mass is 32.2. The van der Waals surface area contributed by atoms with Gasteiger partial charge in [-0.15, -0.1) is 0 Å². The van der Waals surface area contributed by atoms with Gasteiger partial charge in [0, 0.05) is 29.3 Å². The van der Waals surface area contributed by atoms with Crippen LogP contribution >= 0.6 is 11.8 Å². The van der Waals surface area contributed by atoms with Gasteiger partial charge in [-0.2, -0.15) is 11.8 Å². The maximum Gasteiger partial charge on any atom is 0.251 e. The summed E-state index contributed by atoms with van der Waals surface area (Å²) in [5.41, 5.74) is 2.44. The molecule has 1 atom stereocenters. The molecule has 3 nitrogen and oxygen atoms in total. The molecule has 1 heterocycles. The van der Waals surface area contributed by atoms with Crippen LogP contribution in [0.15, 0.2) is 18.2 Å². The van der Waals surface area contributed by atoms with Gasteiger partial charge in [0.05, 0.1) is 6.61 Å². The SMILES string of the molecule is Cc1c(C#CCCO)cccc1C(=O)NCC1CCCS1. The summed E-state index contributed by atoms with van der Waals surface area (Å²) < 4.78 is 0. The highest BCUT2D eigenvalue weighted by Gasteiger charge is 2.17. The number of thioether (sulfide) groups is 1. The van der Waals surface area contributed by atoms with E-state index in [1.807, 2.05) is 36.9 Å². The van der Waals surface area contributed by atoms with Crippen LogP contribution < -0.4 is 5.32 Å². The van der Waals surface area contributed by atoms with Crippen molar-refractivity contribution >= 4 is 17.7 Å². The molecule has 112 valence electrons. The summed E-state index contributed by atoms with van der Waals surface area (Å²) in [6.07, 6.45) is 2.89. The largest absolute Gasteiger partial charge is 0.395 e. The minimum Gasteiger partial charge on any atom is -0.395 e. The Balaban J connectivity index is 2.03. The number of carbonyl (C=O) groups is 1. The number of hydrogen-bond acceptors (Lipinski definition) is 3. The maximum absolute atomic E-state index is 12.3. The van der Waals surface area contributed by atoms with Gasteiger partial charge in [-0.1, -0.05) is 17.9 Å². The average Bonchev–Trinajstić information content (AvgIpc) is 3.00. The Kier molecular flexibility index (Phi) is 6.16. The lowest BCUT2D eigenvalue weighted by molar-refractivity contribution is 0.0953. The average molecular weight is 303 g/mol. The van der Waals surface area contributed by atoms with Gasteiger partial charge >= 0.3 is 0 Å². The fourth-order valence-corrected chi connectivity index (χ4v) is 3.54. The van der Waals surface area contributed by atoms with Crippen LogP contribution in [0.3, 0.4) is 0 Å². The molecule has 2 N–H and O–H groups in total. The summed E-state index contributed by atoms with van der Waals surface area (Å²) >= 11 is 1.94. The molecule has 0 saturated carbocycles. The molecule has 21 heavy (non-hydrogen) atoms. The van der Waals surface area contributed by atoms with Crippen LogP contribution in [0.4, 0.5) is 0 Å². The van der Waals surface area contributed by atoms with E-state index in [2.05, 4.69) is 17.2 Å². The summed E-state index contributed by atoms with van der Waals surface area (Å²) in [5.74, 6) is 7.09. The van der Waals surface area contributed by atoms with Crippen LogP contribution in [0, 0.1) is 18.8 Å². The summed E-state index contributed by atoms with van der Waals surface area (Å²) in [4.78, 5) is 12.3. The van der Waals surface area contributed by atoms with E-state index < -0.39 is 0 Å². The van der Waals surface area contributed by atoms with E-state index in [1.165, 1.54) is 18.6 Å². The number of carbonyl (C=O) groups excluding carboxylic acids is 1. The first-order valence-electron chi connectivity index (χ1n) is 7.31. The van der Waals surface area contributed by atoms with Gasteiger partial charge in [-0.05, 0) is 43.2 Å². The third-order valence-electron chi connectivity index (χ3n) is 3.55. The van der Waals surface area contributed by atoms with E-state index in [1.54, 1.807) is 0 Å². The fourth-order valence-electron chi connectivity index (χ4n) is 2.34. The molecule has 2 rings (SSSR count). The maximum atomic E-state index is 12.3. The van der Waals surface area contributed by atoms with Crippen molar-refractivity contribution in [1.29, 1.82) is 0 Å². The standard InChI is InChI=1S/C17H21NO2S/c1-13-14(6-2-3-10-19)7-4-9-16(13)17(20)18-12-15-8-5-11-21-15/h4,7,9,15,19H,3,5,8,10-12H2,1H3,(H,18,20). The molecular formula is C17H21NO2S. The normalized spacial score (nSPS) is 17.1. The van der Waals surface area contributed by atoms with E-state index >= 15 is 0 Å². The Hall–Kier alpha value is -1.44. The number of aliphatic hydroxyl groups excluding tert-OH is 1. The van der Waals surface area contributed by atoms with Crippen LogP contribution in [-0.2, 0) is 0 Å². The Morgan fingerprint density at radius 3 is 3.10 bits per heavy atom. The third kappa shape index (κ3) is 4.52. The first-order chi connectivity index (χ1) is 10.2. The minimum atomic E-state index is -0.0224. The summed E-state index contributed by atoms with van der Waals surface area (Å²) in [7, 11) is 0. The van der Waals surface area contributed by atoms with Crippen LogP contribution in [-0.4, -0.2) is 35.2 Å². The summed E-state index contributed by atoms with van der Waals surface area (Å²) in [6.45, 7) is 2.72. The lowest BCUT2D eigenvalue weighted by Crippen LogP contribution is -2.30. The van der Waals surface area contributed by atoms with Gasteiger partial charge in [0.2, 0.25) is 0 Å². The predicted molar refractivity (Wildman–Crippen MR) is 87.6 cm³/mol. The van der Waals surface area contributed by atoms with Crippen molar-refractivity contribution in [3.63, 3.8) is 0 Å². The molecule has 1 amide bonds. The summed E-state index contributed by atoms with van der Waals surface area (Å²) in [6, 6.07) is 5.60.